The molecule has 0 saturated heterocycles. The van der Waals surface area contributed by atoms with Crippen LogP contribution in [0, 0.1) is 0 Å². The van der Waals surface area contributed by atoms with Gasteiger partial charge < -0.3 is 10.1 Å². The average molecular weight is 370 g/mol. The van der Waals surface area contributed by atoms with Gasteiger partial charge in [-0.3, -0.25) is 4.79 Å². The van der Waals surface area contributed by atoms with Crippen LogP contribution in [0.25, 0.3) is 11.1 Å². The highest BCUT2D eigenvalue weighted by molar-refractivity contribution is 7.11. The van der Waals surface area contributed by atoms with Crippen LogP contribution >= 0.6 is 22.9 Å². The largest absolute Gasteiger partial charge is 0.497 e. The second-order valence-electron chi connectivity index (χ2n) is 5.97. The van der Waals surface area contributed by atoms with Crippen molar-refractivity contribution < 1.29 is 9.53 Å². The number of halogens is 1. The fourth-order valence-electron chi connectivity index (χ4n) is 3.17. The van der Waals surface area contributed by atoms with Crippen LogP contribution in [-0.4, -0.2) is 13.0 Å². The molecule has 2 aromatic carbocycles. The third-order valence-corrected chi connectivity index (χ3v) is 5.81. The summed E-state index contributed by atoms with van der Waals surface area (Å²) in [6.45, 7) is 0. The molecule has 1 N–H and O–H groups in total. The Morgan fingerprint density at radius 2 is 1.84 bits per heavy atom. The van der Waals surface area contributed by atoms with E-state index in [0.29, 0.717) is 11.4 Å². The second kappa shape index (κ2) is 6.54. The molecular weight excluding hydrogens is 354 g/mol. The molecule has 1 aliphatic heterocycles. The molecule has 1 unspecified atom stereocenters. The van der Waals surface area contributed by atoms with Gasteiger partial charge in [0, 0.05) is 33.2 Å². The lowest BCUT2D eigenvalue weighted by Crippen LogP contribution is -2.22. The molecule has 1 amide bonds. The van der Waals surface area contributed by atoms with Crippen molar-refractivity contribution >= 4 is 34.5 Å². The van der Waals surface area contributed by atoms with Gasteiger partial charge >= 0.3 is 0 Å². The van der Waals surface area contributed by atoms with Gasteiger partial charge in [-0.15, -0.1) is 11.3 Å². The maximum absolute atomic E-state index is 12.3. The smallest absolute Gasteiger partial charge is 0.225 e. The first-order valence-electron chi connectivity index (χ1n) is 7.97. The van der Waals surface area contributed by atoms with Crippen LogP contribution in [0.2, 0.25) is 5.02 Å². The van der Waals surface area contributed by atoms with Gasteiger partial charge in [0.1, 0.15) is 5.75 Å². The molecule has 126 valence electrons. The van der Waals surface area contributed by atoms with E-state index in [0.717, 1.165) is 28.1 Å². The minimum Gasteiger partial charge on any atom is -0.497 e. The average Bonchev–Trinajstić information content (AvgIpc) is 3.05. The number of carbonyl (C=O) groups excluding carboxylic acids is 1. The third kappa shape index (κ3) is 3.03. The predicted molar refractivity (Wildman–Crippen MR) is 103 cm³/mol. The first-order chi connectivity index (χ1) is 12.2. The highest BCUT2D eigenvalue weighted by Crippen LogP contribution is 2.46. The molecule has 2 heterocycles. The number of methoxy groups -OCH3 is 1. The van der Waals surface area contributed by atoms with Crippen LogP contribution in [0.15, 0.2) is 53.9 Å². The molecule has 3 aromatic rings. The van der Waals surface area contributed by atoms with E-state index >= 15 is 0 Å². The molecule has 0 bridgehead atoms. The van der Waals surface area contributed by atoms with Crippen LogP contribution in [0.5, 0.6) is 5.75 Å². The minimum absolute atomic E-state index is 0.0422. The lowest BCUT2D eigenvalue weighted by molar-refractivity contribution is -0.116. The number of rotatable bonds is 3. The normalized spacial score (nSPS) is 16.2. The quantitative estimate of drug-likeness (QED) is 0.657. The van der Waals surface area contributed by atoms with Gasteiger partial charge in [0.05, 0.1) is 12.8 Å². The van der Waals surface area contributed by atoms with Crippen molar-refractivity contribution in [1.29, 1.82) is 0 Å². The van der Waals surface area contributed by atoms with Gasteiger partial charge in [0.25, 0.3) is 0 Å². The van der Waals surface area contributed by atoms with Crippen molar-refractivity contribution in [2.75, 3.05) is 12.4 Å². The summed E-state index contributed by atoms with van der Waals surface area (Å²) < 4.78 is 5.22. The molecule has 0 saturated carbocycles. The summed E-state index contributed by atoms with van der Waals surface area (Å²) in [5.41, 5.74) is 4.15. The maximum Gasteiger partial charge on any atom is 0.225 e. The first kappa shape index (κ1) is 16.2. The van der Waals surface area contributed by atoms with Crippen LogP contribution in [0.4, 0.5) is 5.69 Å². The molecular formula is C20H16ClNO2S. The van der Waals surface area contributed by atoms with Crippen molar-refractivity contribution in [3.05, 3.63) is 69.4 Å². The Morgan fingerprint density at radius 1 is 1.12 bits per heavy atom. The van der Waals surface area contributed by atoms with Crippen LogP contribution in [0.1, 0.15) is 22.8 Å². The zero-order valence-electron chi connectivity index (χ0n) is 13.6. The van der Waals surface area contributed by atoms with E-state index in [2.05, 4.69) is 10.7 Å². The van der Waals surface area contributed by atoms with Crippen molar-refractivity contribution in [3.8, 4) is 16.9 Å². The number of anilines is 1. The highest BCUT2D eigenvalue weighted by atomic mass is 35.5. The number of thiophene rings is 1. The van der Waals surface area contributed by atoms with E-state index < -0.39 is 0 Å². The number of benzene rings is 2. The minimum atomic E-state index is 0.0422. The summed E-state index contributed by atoms with van der Waals surface area (Å²) in [6, 6.07) is 15.6. The van der Waals surface area contributed by atoms with Crippen LogP contribution < -0.4 is 10.1 Å². The summed E-state index contributed by atoms with van der Waals surface area (Å²) in [7, 11) is 1.65. The molecule has 5 heteroatoms. The summed E-state index contributed by atoms with van der Waals surface area (Å²) >= 11 is 7.69. The molecule has 0 radical (unpaired) electrons. The van der Waals surface area contributed by atoms with E-state index in [-0.39, 0.29) is 11.8 Å². The molecule has 0 fully saturated rings. The Balaban J connectivity index is 1.76. The van der Waals surface area contributed by atoms with E-state index in [1.807, 2.05) is 48.5 Å². The lowest BCUT2D eigenvalue weighted by Gasteiger charge is -2.24. The van der Waals surface area contributed by atoms with E-state index in [1.165, 1.54) is 4.88 Å². The van der Waals surface area contributed by atoms with Crippen LogP contribution in [-0.2, 0) is 4.79 Å². The molecule has 4 rings (SSSR count). The molecule has 1 atom stereocenters. The van der Waals surface area contributed by atoms with Crippen molar-refractivity contribution in [2.45, 2.75) is 12.3 Å². The van der Waals surface area contributed by atoms with Gasteiger partial charge in [0.2, 0.25) is 5.91 Å². The third-order valence-electron chi connectivity index (χ3n) is 4.46. The Bertz CT molecular complexity index is 916. The number of carbonyl (C=O) groups is 1. The molecule has 0 aliphatic carbocycles. The monoisotopic (exact) mass is 369 g/mol. The standard InChI is InChI=1S/C20H16ClNO2S/c1-24-15-8-4-13(5-9-15)17-11-25-20-16(10-18(23)22-19(17)20)12-2-6-14(21)7-3-12/h2-9,11,16H,10H2,1H3,(H,22,23). The SMILES string of the molecule is COc1ccc(-c2csc3c2NC(=O)CC3c2ccc(Cl)cc2)cc1. The molecule has 25 heavy (non-hydrogen) atoms. The Labute approximate surface area is 155 Å². The topological polar surface area (TPSA) is 38.3 Å². The molecule has 3 nitrogen and oxygen atoms in total. The summed E-state index contributed by atoms with van der Waals surface area (Å²) in [5.74, 6) is 0.926. The fourth-order valence-corrected chi connectivity index (χ4v) is 4.46. The molecule has 1 aliphatic rings. The fraction of sp³-hybridized carbons (Fsp3) is 0.150. The van der Waals surface area contributed by atoms with E-state index in [9.17, 15) is 4.79 Å². The van der Waals surface area contributed by atoms with Gasteiger partial charge in [0.15, 0.2) is 0 Å². The summed E-state index contributed by atoms with van der Waals surface area (Å²) in [6.07, 6.45) is 0.456. The summed E-state index contributed by atoms with van der Waals surface area (Å²) in [4.78, 5) is 13.5. The van der Waals surface area contributed by atoms with Gasteiger partial charge in [-0.2, -0.15) is 0 Å². The number of nitrogens with one attached hydrogen (secondary N) is 1. The zero-order chi connectivity index (χ0) is 17.4. The Hall–Kier alpha value is -2.30. The number of hydrogen-bond acceptors (Lipinski definition) is 3. The molecule has 1 aromatic heterocycles. The van der Waals surface area contributed by atoms with Crippen LogP contribution in [0.3, 0.4) is 0 Å². The number of hydrogen-bond donors (Lipinski definition) is 1. The van der Waals surface area contributed by atoms with Gasteiger partial charge in [-0.05, 0) is 35.4 Å². The number of amides is 1. The molecule has 0 spiro atoms. The van der Waals surface area contributed by atoms with E-state index in [1.54, 1.807) is 18.4 Å². The van der Waals surface area contributed by atoms with Crippen molar-refractivity contribution in [3.63, 3.8) is 0 Å². The number of fused-ring (bicyclic) bond motifs is 1. The lowest BCUT2D eigenvalue weighted by atomic mass is 9.89. The predicted octanol–water partition coefficient (Wildman–Crippen LogP) is 5.55. The van der Waals surface area contributed by atoms with Crippen molar-refractivity contribution in [2.24, 2.45) is 0 Å². The second-order valence-corrected chi connectivity index (χ2v) is 7.32. The van der Waals surface area contributed by atoms with Gasteiger partial charge in [-0.25, -0.2) is 0 Å². The zero-order valence-corrected chi connectivity index (χ0v) is 15.2. The first-order valence-corrected chi connectivity index (χ1v) is 9.22. The maximum atomic E-state index is 12.3. The van der Waals surface area contributed by atoms with Gasteiger partial charge in [-0.1, -0.05) is 35.9 Å². The van der Waals surface area contributed by atoms with Crippen molar-refractivity contribution in [1.82, 2.24) is 0 Å². The van der Waals surface area contributed by atoms with E-state index in [4.69, 9.17) is 16.3 Å². The summed E-state index contributed by atoms with van der Waals surface area (Å²) in [5, 5.41) is 5.88. The Kier molecular flexibility index (Phi) is 4.24. The Morgan fingerprint density at radius 3 is 2.52 bits per heavy atom. The number of ether oxygens (including phenoxy) is 1. The highest BCUT2D eigenvalue weighted by Gasteiger charge is 2.30.